The zero-order valence-corrected chi connectivity index (χ0v) is 6.35. The van der Waals surface area contributed by atoms with Crippen LogP contribution in [0.1, 0.15) is 10.5 Å². The first-order valence-corrected chi connectivity index (χ1v) is 3.64. The van der Waals surface area contributed by atoms with Crippen LogP contribution < -0.4 is 5.32 Å². The van der Waals surface area contributed by atoms with Gasteiger partial charge in [-0.1, -0.05) is 0 Å². The van der Waals surface area contributed by atoms with E-state index in [9.17, 15) is 9.59 Å². The van der Waals surface area contributed by atoms with Gasteiger partial charge in [0.25, 0.3) is 0 Å². The highest BCUT2D eigenvalue weighted by Gasteiger charge is 2.04. The second-order valence-electron chi connectivity index (χ2n) is 1.72. The van der Waals surface area contributed by atoms with Crippen molar-refractivity contribution in [2.45, 2.75) is 0 Å². The number of carbonyl (C=O) groups is 2. The molecule has 0 unspecified atom stereocenters. The van der Waals surface area contributed by atoms with Crippen molar-refractivity contribution in [2.75, 3.05) is 5.32 Å². The number of thiazole rings is 1. The Bertz CT molecular complexity index is 282. The zero-order valence-electron chi connectivity index (χ0n) is 5.53. The van der Waals surface area contributed by atoms with E-state index in [1.54, 1.807) is 5.38 Å². The molecule has 0 aliphatic rings. The molecule has 11 heavy (non-hydrogen) atoms. The normalized spacial score (nSPS) is 9.18. The van der Waals surface area contributed by atoms with Crippen molar-refractivity contribution in [3.63, 3.8) is 0 Å². The summed E-state index contributed by atoms with van der Waals surface area (Å²) in [5.41, 5.74) is 0.277. The number of amides is 1. The Balaban J connectivity index is 2.81. The third-order valence-corrected chi connectivity index (χ3v) is 1.75. The third-order valence-electron chi connectivity index (χ3n) is 0.972. The van der Waals surface area contributed by atoms with Gasteiger partial charge in [0.1, 0.15) is 5.69 Å². The lowest BCUT2D eigenvalue weighted by Gasteiger charge is -1.86. The van der Waals surface area contributed by atoms with Crippen LogP contribution in [-0.2, 0) is 4.79 Å². The quantitative estimate of drug-likeness (QED) is 0.536. The summed E-state index contributed by atoms with van der Waals surface area (Å²) in [7, 11) is 0. The van der Waals surface area contributed by atoms with Gasteiger partial charge in [0.05, 0.1) is 0 Å². The summed E-state index contributed by atoms with van der Waals surface area (Å²) in [6.45, 7) is 3.17. The maximum atomic E-state index is 10.6. The number of nitrogens with one attached hydrogen (secondary N) is 1. The fraction of sp³-hybridized carbons (Fsp3) is 0. The molecule has 4 nitrogen and oxygen atoms in total. The van der Waals surface area contributed by atoms with E-state index in [0.29, 0.717) is 11.5 Å². The average molecular weight is 169 g/mol. The van der Waals surface area contributed by atoms with Gasteiger partial charge in [-0.05, 0) is 0 Å². The molecule has 0 saturated carbocycles. The standard InChI is InChI=1S/C6H5N2O2S/c1-4(10)5-2-11-6(8-5)7-3-9/h2-3H,1H2,(H,7,8,9). The molecular formula is C6H5N2O2S. The van der Waals surface area contributed by atoms with E-state index in [0.717, 1.165) is 0 Å². The van der Waals surface area contributed by atoms with Crippen molar-refractivity contribution in [3.8, 4) is 0 Å². The average Bonchev–Trinajstić information content (AvgIpc) is 2.37. The number of aromatic nitrogens is 1. The van der Waals surface area contributed by atoms with Crippen molar-refractivity contribution in [1.82, 2.24) is 4.98 Å². The Morgan fingerprint density at radius 2 is 2.55 bits per heavy atom. The minimum atomic E-state index is -0.347. The highest BCUT2D eigenvalue weighted by atomic mass is 32.1. The Morgan fingerprint density at radius 3 is 3.00 bits per heavy atom. The minimum absolute atomic E-state index is 0.277. The molecule has 5 heteroatoms. The lowest BCUT2D eigenvalue weighted by atomic mass is 10.4. The fourth-order valence-corrected chi connectivity index (χ4v) is 1.19. The van der Waals surface area contributed by atoms with E-state index in [2.05, 4.69) is 17.2 Å². The van der Waals surface area contributed by atoms with Crippen LogP contribution in [0, 0.1) is 6.92 Å². The maximum Gasteiger partial charge on any atom is 0.213 e. The second kappa shape index (κ2) is 3.25. The van der Waals surface area contributed by atoms with E-state index < -0.39 is 0 Å². The van der Waals surface area contributed by atoms with Crippen molar-refractivity contribution in [3.05, 3.63) is 18.0 Å². The summed E-state index contributed by atoms with van der Waals surface area (Å²) in [6.07, 6.45) is 0.510. The number of rotatable bonds is 3. The lowest BCUT2D eigenvalue weighted by molar-refractivity contribution is -0.105. The first-order chi connectivity index (χ1) is 5.24. The third kappa shape index (κ3) is 1.84. The van der Waals surface area contributed by atoms with E-state index in [-0.39, 0.29) is 11.5 Å². The molecule has 0 aliphatic carbocycles. The van der Waals surface area contributed by atoms with Crippen molar-refractivity contribution in [1.29, 1.82) is 0 Å². The van der Waals surface area contributed by atoms with Gasteiger partial charge >= 0.3 is 0 Å². The SMILES string of the molecule is [CH2]C(=O)c1csc(NC=O)n1. The first-order valence-electron chi connectivity index (χ1n) is 2.76. The summed E-state index contributed by atoms with van der Waals surface area (Å²) in [5.74, 6) is -0.347. The van der Waals surface area contributed by atoms with Gasteiger partial charge in [-0.3, -0.25) is 9.59 Å². The number of nitrogens with zero attached hydrogens (tertiary/aromatic N) is 1. The number of hydrogen-bond donors (Lipinski definition) is 1. The zero-order chi connectivity index (χ0) is 8.27. The van der Waals surface area contributed by atoms with Gasteiger partial charge in [-0.25, -0.2) is 4.98 Å². The highest BCUT2D eigenvalue weighted by Crippen LogP contribution is 2.14. The van der Waals surface area contributed by atoms with E-state index in [1.165, 1.54) is 11.3 Å². The molecule has 0 bridgehead atoms. The summed E-state index contributed by atoms with van der Waals surface area (Å²) in [5, 5.41) is 4.28. The molecule has 0 saturated heterocycles. The molecule has 0 fully saturated rings. The Morgan fingerprint density at radius 1 is 1.82 bits per heavy atom. The number of ketones is 1. The van der Waals surface area contributed by atoms with Gasteiger partial charge in [0, 0.05) is 12.3 Å². The van der Waals surface area contributed by atoms with Crippen LogP contribution in [0.2, 0.25) is 0 Å². The van der Waals surface area contributed by atoms with Crippen LogP contribution in [0.3, 0.4) is 0 Å². The predicted octanol–water partition coefficient (Wildman–Crippen LogP) is 0.728. The van der Waals surface area contributed by atoms with Crippen LogP contribution in [0.5, 0.6) is 0 Å². The van der Waals surface area contributed by atoms with Gasteiger partial charge in [0.2, 0.25) is 6.41 Å². The van der Waals surface area contributed by atoms with Gasteiger partial charge in [-0.15, -0.1) is 11.3 Å². The Kier molecular flexibility index (Phi) is 2.32. The molecule has 0 aliphatic heterocycles. The molecule has 0 spiro atoms. The van der Waals surface area contributed by atoms with Gasteiger partial charge in [-0.2, -0.15) is 0 Å². The van der Waals surface area contributed by atoms with Crippen LogP contribution in [0.15, 0.2) is 5.38 Å². The van der Waals surface area contributed by atoms with Crippen LogP contribution in [-0.4, -0.2) is 17.2 Å². The Hall–Kier alpha value is -1.23. The number of anilines is 1. The largest absolute Gasteiger partial charge is 0.305 e. The second-order valence-corrected chi connectivity index (χ2v) is 2.58. The van der Waals surface area contributed by atoms with Crippen molar-refractivity contribution >= 4 is 28.7 Å². The molecule has 0 atom stereocenters. The molecule has 1 rings (SSSR count). The molecule has 0 aromatic carbocycles. The molecule has 1 aromatic heterocycles. The topological polar surface area (TPSA) is 59.1 Å². The smallest absolute Gasteiger partial charge is 0.213 e. The van der Waals surface area contributed by atoms with E-state index >= 15 is 0 Å². The van der Waals surface area contributed by atoms with Crippen LogP contribution in [0.4, 0.5) is 5.13 Å². The lowest BCUT2D eigenvalue weighted by Crippen LogP contribution is -1.95. The number of Topliss-reactive ketones (excluding diaryl/α,β-unsaturated/α-hetero) is 1. The molecule has 1 aromatic rings. The highest BCUT2D eigenvalue weighted by molar-refractivity contribution is 7.14. The molecule has 57 valence electrons. The summed E-state index contributed by atoms with van der Waals surface area (Å²) >= 11 is 1.19. The maximum absolute atomic E-state index is 10.6. The number of carbonyl (C=O) groups excluding carboxylic acids is 2. The van der Waals surface area contributed by atoms with Gasteiger partial charge in [0.15, 0.2) is 10.9 Å². The van der Waals surface area contributed by atoms with Crippen molar-refractivity contribution < 1.29 is 9.59 Å². The van der Waals surface area contributed by atoms with E-state index in [1.807, 2.05) is 0 Å². The molecule has 1 radical (unpaired) electrons. The molecule has 1 N–H and O–H groups in total. The van der Waals surface area contributed by atoms with Gasteiger partial charge < -0.3 is 5.32 Å². The first kappa shape index (κ1) is 7.87. The summed E-state index contributed by atoms with van der Waals surface area (Å²) in [4.78, 5) is 24.3. The molecular weight excluding hydrogens is 164 g/mol. The van der Waals surface area contributed by atoms with E-state index in [4.69, 9.17) is 0 Å². The summed E-state index contributed by atoms with van der Waals surface area (Å²) in [6, 6.07) is 0. The van der Waals surface area contributed by atoms with Crippen molar-refractivity contribution in [2.24, 2.45) is 0 Å². The fourth-order valence-electron chi connectivity index (χ4n) is 0.519. The number of hydrogen-bond acceptors (Lipinski definition) is 4. The minimum Gasteiger partial charge on any atom is -0.305 e. The van der Waals surface area contributed by atoms with Crippen LogP contribution in [0.25, 0.3) is 0 Å². The summed E-state index contributed by atoms with van der Waals surface area (Å²) < 4.78 is 0. The van der Waals surface area contributed by atoms with Crippen LogP contribution >= 0.6 is 11.3 Å². The molecule has 1 amide bonds. The predicted molar refractivity (Wildman–Crippen MR) is 41.5 cm³/mol. The Labute approximate surface area is 67.3 Å². The molecule has 1 heterocycles. The monoisotopic (exact) mass is 169 g/mol.